The summed E-state index contributed by atoms with van der Waals surface area (Å²) in [6.45, 7) is -0.556. The normalized spacial score (nSPS) is 11.8. The second kappa shape index (κ2) is 6.58. The van der Waals surface area contributed by atoms with Crippen LogP contribution in [0.5, 0.6) is 0 Å². The molecule has 0 saturated carbocycles. The average Bonchev–Trinajstić information content (AvgIpc) is 2.37. The van der Waals surface area contributed by atoms with Crippen LogP contribution in [0.15, 0.2) is 18.2 Å². The molecule has 1 amide bonds. The number of aliphatic hydroxyl groups excluding tert-OH is 1. The van der Waals surface area contributed by atoms with Crippen molar-refractivity contribution in [1.29, 1.82) is 0 Å². The Balaban J connectivity index is 2.81. The SMILES string of the molecule is COC(=O)[C@@H](CO)NC(=O)c1ccc(Cl)c(Cl)c1. The summed E-state index contributed by atoms with van der Waals surface area (Å²) in [6, 6.07) is 3.17. The van der Waals surface area contributed by atoms with E-state index in [0.717, 1.165) is 7.11 Å². The zero-order valence-corrected chi connectivity index (χ0v) is 11.0. The second-order valence-electron chi connectivity index (χ2n) is 3.36. The van der Waals surface area contributed by atoms with Gasteiger partial charge in [0.1, 0.15) is 0 Å². The van der Waals surface area contributed by atoms with Gasteiger partial charge in [0.15, 0.2) is 6.04 Å². The van der Waals surface area contributed by atoms with Gasteiger partial charge in [-0.3, -0.25) is 4.79 Å². The predicted octanol–water partition coefficient (Wildman–Crippen LogP) is 1.26. The van der Waals surface area contributed by atoms with E-state index in [1.165, 1.54) is 18.2 Å². The number of aliphatic hydroxyl groups is 1. The largest absolute Gasteiger partial charge is 0.467 e. The number of nitrogens with one attached hydrogen (secondary N) is 1. The van der Waals surface area contributed by atoms with E-state index in [-0.39, 0.29) is 10.6 Å². The first kappa shape index (κ1) is 14.8. The molecule has 0 aromatic heterocycles. The van der Waals surface area contributed by atoms with Crippen LogP contribution in [-0.4, -0.2) is 36.7 Å². The quantitative estimate of drug-likeness (QED) is 0.819. The van der Waals surface area contributed by atoms with Crippen molar-refractivity contribution >= 4 is 35.1 Å². The Bertz CT molecular complexity index is 464. The fourth-order valence-corrected chi connectivity index (χ4v) is 1.50. The zero-order valence-electron chi connectivity index (χ0n) is 9.44. The Morgan fingerprint density at radius 2 is 2.06 bits per heavy atom. The summed E-state index contributed by atoms with van der Waals surface area (Å²) in [7, 11) is 1.16. The van der Waals surface area contributed by atoms with Crippen molar-refractivity contribution in [2.45, 2.75) is 6.04 Å². The number of rotatable bonds is 4. The zero-order chi connectivity index (χ0) is 13.7. The highest BCUT2D eigenvalue weighted by Gasteiger charge is 2.21. The van der Waals surface area contributed by atoms with Crippen molar-refractivity contribution in [3.63, 3.8) is 0 Å². The molecule has 7 heteroatoms. The number of carbonyl (C=O) groups is 2. The maximum atomic E-state index is 11.8. The number of amides is 1. The minimum Gasteiger partial charge on any atom is -0.467 e. The average molecular weight is 292 g/mol. The van der Waals surface area contributed by atoms with Gasteiger partial charge >= 0.3 is 5.97 Å². The van der Waals surface area contributed by atoms with E-state index in [2.05, 4.69) is 10.1 Å². The molecule has 0 radical (unpaired) electrons. The Morgan fingerprint density at radius 3 is 2.56 bits per heavy atom. The topological polar surface area (TPSA) is 75.6 Å². The molecule has 1 aromatic carbocycles. The second-order valence-corrected chi connectivity index (χ2v) is 4.18. The number of hydrogen-bond donors (Lipinski definition) is 2. The molecule has 5 nitrogen and oxygen atoms in total. The summed E-state index contributed by atoms with van der Waals surface area (Å²) in [4.78, 5) is 23.0. The van der Waals surface area contributed by atoms with Crippen molar-refractivity contribution in [1.82, 2.24) is 5.32 Å². The smallest absolute Gasteiger partial charge is 0.330 e. The van der Waals surface area contributed by atoms with Gasteiger partial charge in [0, 0.05) is 5.56 Å². The Labute approximate surface area is 114 Å². The standard InChI is InChI=1S/C11H11Cl2NO4/c1-18-11(17)9(5-15)14-10(16)6-2-3-7(12)8(13)4-6/h2-4,9,15H,5H2,1H3,(H,14,16)/t9-/m1/s1. The van der Waals surface area contributed by atoms with Gasteiger partial charge in [-0.25, -0.2) is 4.79 Å². The van der Waals surface area contributed by atoms with Gasteiger partial charge in [0.25, 0.3) is 5.91 Å². The number of methoxy groups -OCH3 is 1. The van der Waals surface area contributed by atoms with Crippen LogP contribution in [0, 0.1) is 0 Å². The van der Waals surface area contributed by atoms with Crippen molar-refractivity contribution in [3.8, 4) is 0 Å². The van der Waals surface area contributed by atoms with Gasteiger partial charge in [-0.2, -0.15) is 0 Å². The summed E-state index contributed by atoms with van der Waals surface area (Å²) in [5.41, 5.74) is 0.228. The Kier molecular flexibility index (Phi) is 5.40. The molecule has 0 aliphatic heterocycles. The number of benzene rings is 1. The van der Waals surface area contributed by atoms with Crippen molar-refractivity contribution in [2.24, 2.45) is 0 Å². The van der Waals surface area contributed by atoms with Crippen LogP contribution in [0.25, 0.3) is 0 Å². The summed E-state index contributed by atoms with van der Waals surface area (Å²) >= 11 is 11.5. The van der Waals surface area contributed by atoms with E-state index in [1.54, 1.807) is 0 Å². The minimum absolute atomic E-state index is 0.225. The highest BCUT2D eigenvalue weighted by atomic mass is 35.5. The molecule has 0 saturated heterocycles. The first-order chi connectivity index (χ1) is 8.49. The third kappa shape index (κ3) is 3.60. The molecule has 2 N–H and O–H groups in total. The first-order valence-electron chi connectivity index (χ1n) is 4.94. The molecule has 0 spiro atoms. The van der Waals surface area contributed by atoms with Crippen LogP contribution in [0.2, 0.25) is 10.0 Å². The molecule has 0 heterocycles. The highest BCUT2D eigenvalue weighted by molar-refractivity contribution is 6.42. The van der Waals surface area contributed by atoms with Crippen LogP contribution in [0.1, 0.15) is 10.4 Å². The fraction of sp³-hybridized carbons (Fsp3) is 0.273. The number of hydrogen-bond acceptors (Lipinski definition) is 4. The molecular formula is C11H11Cl2NO4. The number of esters is 1. The molecule has 0 fully saturated rings. The molecule has 1 aromatic rings. The van der Waals surface area contributed by atoms with E-state index in [1.807, 2.05) is 0 Å². The first-order valence-corrected chi connectivity index (χ1v) is 5.69. The Morgan fingerprint density at radius 1 is 1.39 bits per heavy atom. The molecule has 1 rings (SSSR count). The number of halogens is 2. The van der Waals surface area contributed by atoms with E-state index in [4.69, 9.17) is 28.3 Å². The third-order valence-corrected chi connectivity index (χ3v) is 2.89. The number of ether oxygens (including phenoxy) is 1. The lowest BCUT2D eigenvalue weighted by atomic mass is 10.2. The lowest BCUT2D eigenvalue weighted by Gasteiger charge is -2.13. The van der Waals surface area contributed by atoms with Gasteiger partial charge in [-0.05, 0) is 18.2 Å². The predicted molar refractivity (Wildman–Crippen MR) is 66.8 cm³/mol. The van der Waals surface area contributed by atoms with Gasteiger partial charge in [0.05, 0.1) is 23.8 Å². The van der Waals surface area contributed by atoms with E-state index in [9.17, 15) is 9.59 Å². The fourth-order valence-electron chi connectivity index (χ4n) is 1.20. The third-order valence-electron chi connectivity index (χ3n) is 2.16. The van der Waals surface area contributed by atoms with E-state index >= 15 is 0 Å². The summed E-state index contributed by atoms with van der Waals surface area (Å²) in [6.07, 6.45) is 0. The van der Waals surface area contributed by atoms with Crippen LogP contribution < -0.4 is 5.32 Å². The van der Waals surface area contributed by atoms with Crippen LogP contribution in [0.4, 0.5) is 0 Å². The lowest BCUT2D eigenvalue weighted by molar-refractivity contribution is -0.143. The monoisotopic (exact) mass is 291 g/mol. The molecule has 98 valence electrons. The molecule has 18 heavy (non-hydrogen) atoms. The van der Waals surface area contributed by atoms with Gasteiger partial charge in [0.2, 0.25) is 0 Å². The molecule has 1 atom stereocenters. The van der Waals surface area contributed by atoms with Crippen LogP contribution in [-0.2, 0) is 9.53 Å². The maximum absolute atomic E-state index is 11.8. The van der Waals surface area contributed by atoms with Crippen molar-refractivity contribution in [3.05, 3.63) is 33.8 Å². The van der Waals surface area contributed by atoms with Gasteiger partial charge in [-0.15, -0.1) is 0 Å². The number of carbonyl (C=O) groups excluding carboxylic acids is 2. The summed E-state index contributed by atoms with van der Waals surface area (Å²) in [5, 5.41) is 11.8. The van der Waals surface area contributed by atoms with E-state index in [0.29, 0.717) is 5.02 Å². The van der Waals surface area contributed by atoms with Crippen molar-refractivity contribution in [2.75, 3.05) is 13.7 Å². The van der Waals surface area contributed by atoms with Gasteiger partial charge in [-0.1, -0.05) is 23.2 Å². The Hall–Kier alpha value is -1.30. The molecule has 0 aliphatic carbocycles. The molecule has 0 aliphatic rings. The van der Waals surface area contributed by atoms with Gasteiger partial charge < -0.3 is 15.2 Å². The lowest BCUT2D eigenvalue weighted by Crippen LogP contribution is -2.44. The van der Waals surface area contributed by atoms with Crippen molar-refractivity contribution < 1.29 is 19.4 Å². The molecule has 0 unspecified atom stereocenters. The maximum Gasteiger partial charge on any atom is 0.330 e. The van der Waals surface area contributed by atoms with Crippen LogP contribution >= 0.6 is 23.2 Å². The van der Waals surface area contributed by atoms with Crippen LogP contribution in [0.3, 0.4) is 0 Å². The molecule has 0 bridgehead atoms. The minimum atomic E-state index is -1.11. The summed E-state index contributed by atoms with van der Waals surface area (Å²) in [5.74, 6) is -1.29. The highest BCUT2D eigenvalue weighted by Crippen LogP contribution is 2.22. The summed E-state index contributed by atoms with van der Waals surface area (Å²) < 4.78 is 4.42. The molecular weight excluding hydrogens is 281 g/mol. The van der Waals surface area contributed by atoms with E-state index < -0.39 is 24.5 Å².